The van der Waals surface area contributed by atoms with Gasteiger partial charge in [0.1, 0.15) is 5.60 Å². The SMILES string of the molecule is CC(C)(C)OC(=O)N1CC[C@H](c2cccc(C(=O)O)c2)C1. The van der Waals surface area contributed by atoms with Crippen LogP contribution in [0.3, 0.4) is 0 Å². The molecule has 5 heteroatoms. The van der Waals surface area contributed by atoms with Gasteiger partial charge in [0, 0.05) is 19.0 Å². The first kappa shape index (κ1) is 15.4. The number of ether oxygens (including phenoxy) is 1. The van der Waals surface area contributed by atoms with Crippen LogP contribution in [-0.4, -0.2) is 40.8 Å². The number of hydrogen-bond acceptors (Lipinski definition) is 3. The van der Waals surface area contributed by atoms with Crippen LogP contribution in [0.4, 0.5) is 4.79 Å². The first-order valence-electron chi connectivity index (χ1n) is 7.07. The minimum atomic E-state index is -0.932. The fourth-order valence-corrected chi connectivity index (χ4v) is 2.45. The Morgan fingerprint density at radius 3 is 2.67 bits per heavy atom. The summed E-state index contributed by atoms with van der Waals surface area (Å²) in [6, 6.07) is 6.92. The summed E-state index contributed by atoms with van der Waals surface area (Å²) in [4.78, 5) is 24.7. The summed E-state index contributed by atoms with van der Waals surface area (Å²) in [6.45, 7) is 6.73. The van der Waals surface area contributed by atoms with Crippen LogP contribution in [-0.2, 0) is 4.74 Å². The molecule has 0 aromatic heterocycles. The fourth-order valence-electron chi connectivity index (χ4n) is 2.45. The van der Waals surface area contributed by atoms with Gasteiger partial charge in [0.25, 0.3) is 0 Å². The number of amides is 1. The Hall–Kier alpha value is -2.04. The van der Waals surface area contributed by atoms with E-state index < -0.39 is 11.6 Å². The normalized spacial score (nSPS) is 18.6. The summed E-state index contributed by atoms with van der Waals surface area (Å²) >= 11 is 0. The van der Waals surface area contributed by atoms with Crippen molar-refractivity contribution in [3.63, 3.8) is 0 Å². The first-order valence-corrected chi connectivity index (χ1v) is 7.07. The van der Waals surface area contributed by atoms with Gasteiger partial charge in [0.2, 0.25) is 0 Å². The molecule has 0 radical (unpaired) electrons. The lowest BCUT2D eigenvalue weighted by Crippen LogP contribution is -2.35. The van der Waals surface area contributed by atoms with E-state index in [9.17, 15) is 9.59 Å². The van der Waals surface area contributed by atoms with Gasteiger partial charge in [0.15, 0.2) is 0 Å². The second-order valence-corrected chi connectivity index (χ2v) is 6.34. The van der Waals surface area contributed by atoms with Gasteiger partial charge in [0.05, 0.1) is 5.56 Å². The number of rotatable bonds is 2. The zero-order valence-corrected chi connectivity index (χ0v) is 12.6. The predicted octanol–water partition coefficient (Wildman–Crippen LogP) is 3.11. The molecule has 0 saturated carbocycles. The van der Waals surface area contributed by atoms with Gasteiger partial charge >= 0.3 is 12.1 Å². The number of carbonyl (C=O) groups excluding carboxylic acids is 1. The molecule has 5 nitrogen and oxygen atoms in total. The average molecular weight is 291 g/mol. The molecule has 1 saturated heterocycles. The third kappa shape index (κ3) is 3.97. The standard InChI is InChI=1S/C16H21NO4/c1-16(2,3)21-15(20)17-8-7-13(10-17)11-5-4-6-12(9-11)14(18)19/h4-6,9,13H,7-8,10H2,1-3H3,(H,18,19)/t13-/m0/s1. The Kier molecular flexibility index (Phi) is 4.21. The zero-order chi connectivity index (χ0) is 15.6. The number of carboxylic acid groups (broad SMARTS) is 1. The topological polar surface area (TPSA) is 66.8 Å². The van der Waals surface area contributed by atoms with Crippen molar-refractivity contribution in [2.75, 3.05) is 13.1 Å². The van der Waals surface area contributed by atoms with Gasteiger partial charge in [-0.05, 0) is 44.9 Å². The number of benzene rings is 1. The molecule has 114 valence electrons. The number of carboxylic acids is 1. The van der Waals surface area contributed by atoms with E-state index in [4.69, 9.17) is 9.84 Å². The lowest BCUT2D eigenvalue weighted by Gasteiger charge is -2.24. The molecule has 21 heavy (non-hydrogen) atoms. The summed E-state index contributed by atoms with van der Waals surface area (Å²) in [5, 5.41) is 9.04. The summed E-state index contributed by atoms with van der Waals surface area (Å²) in [5.74, 6) is -0.768. The molecule has 1 N–H and O–H groups in total. The molecule has 0 aliphatic carbocycles. The highest BCUT2D eigenvalue weighted by atomic mass is 16.6. The van der Waals surface area contributed by atoms with E-state index in [-0.39, 0.29) is 17.6 Å². The molecule has 1 amide bonds. The highest BCUT2D eigenvalue weighted by Crippen LogP contribution is 2.28. The number of likely N-dealkylation sites (tertiary alicyclic amines) is 1. The molecular formula is C16H21NO4. The van der Waals surface area contributed by atoms with Crippen LogP contribution in [0.15, 0.2) is 24.3 Å². The molecule has 2 rings (SSSR count). The van der Waals surface area contributed by atoms with Crippen molar-refractivity contribution in [1.29, 1.82) is 0 Å². The van der Waals surface area contributed by atoms with Gasteiger partial charge in [-0.1, -0.05) is 12.1 Å². The molecule has 1 aliphatic heterocycles. The van der Waals surface area contributed by atoms with Crippen LogP contribution in [0.2, 0.25) is 0 Å². The molecule has 1 aromatic carbocycles. The molecule has 0 spiro atoms. The smallest absolute Gasteiger partial charge is 0.410 e. The Bertz CT molecular complexity index is 547. The van der Waals surface area contributed by atoms with Crippen LogP contribution in [0.1, 0.15) is 49.0 Å². The average Bonchev–Trinajstić information content (AvgIpc) is 2.86. The largest absolute Gasteiger partial charge is 0.478 e. The minimum Gasteiger partial charge on any atom is -0.478 e. The maximum absolute atomic E-state index is 12.0. The molecule has 1 fully saturated rings. The van der Waals surface area contributed by atoms with Crippen LogP contribution in [0.5, 0.6) is 0 Å². The highest BCUT2D eigenvalue weighted by Gasteiger charge is 2.30. The van der Waals surface area contributed by atoms with E-state index in [0.717, 1.165) is 12.0 Å². The second kappa shape index (κ2) is 5.76. The highest BCUT2D eigenvalue weighted by molar-refractivity contribution is 5.87. The lowest BCUT2D eigenvalue weighted by atomic mass is 9.97. The van der Waals surface area contributed by atoms with Crippen LogP contribution < -0.4 is 0 Å². The van der Waals surface area contributed by atoms with E-state index >= 15 is 0 Å². The molecule has 1 aliphatic rings. The Morgan fingerprint density at radius 1 is 1.33 bits per heavy atom. The molecular weight excluding hydrogens is 270 g/mol. The Labute approximate surface area is 124 Å². The summed E-state index contributed by atoms with van der Waals surface area (Å²) in [7, 11) is 0. The van der Waals surface area contributed by atoms with Crippen molar-refractivity contribution >= 4 is 12.1 Å². The maximum atomic E-state index is 12.0. The van der Waals surface area contributed by atoms with Gasteiger partial charge < -0.3 is 14.7 Å². The number of carbonyl (C=O) groups is 2. The number of hydrogen-bond donors (Lipinski definition) is 1. The number of nitrogens with zero attached hydrogens (tertiary/aromatic N) is 1. The fraction of sp³-hybridized carbons (Fsp3) is 0.500. The summed E-state index contributed by atoms with van der Waals surface area (Å²) in [5.41, 5.74) is 0.738. The van der Waals surface area contributed by atoms with Gasteiger partial charge in [-0.3, -0.25) is 0 Å². The van der Waals surface area contributed by atoms with Gasteiger partial charge in [-0.2, -0.15) is 0 Å². The van der Waals surface area contributed by atoms with E-state index in [1.807, 2.05) is 26.8 Å². The monoisotopic (exact) mass is 291 g/mol. The van der Waals surface area contributed by atoms with Crippen molar-refractivity contribution in [3.8, 4) is 0 Å². The summed E-state index contributed by atoms with van der Waals surface area (Å²) in [6.07, 6.45) is 0.516. The quantitative estimate of drug-likeness (QED) is 0.909. The van der Waals surface area contributed by atoms with Crippen molar-refractivity contribution in [2.45, 2.75) is 38.7 Å². The number of aromatic carboxylic acids is 1. The first-order chi connectivity index (χ1) is 9.76. The molecule has 0 bridgehead atoms. The van der Waals surface area contributed by atoms with Crippen LogP contribution in [0, 0.1) is 0 Å². The van der Waals surface area contributed by atoms with E-state index in [0.29, 0.717) is 13.1 Å². The van der Waals surface area contributed by atoms with Gasteiger partial charge in [-0.25, -0.2) is 9.59 Å². The predicted molar refractivity (Wildman–Crippen MR) is 78.6 cm³/mol. The molecule has 1 atom stereocenters. The lowest BCUT2D eigenvalue weighted by molar-refractivity contribution is 0.0292. The van der Waals surface area contributed by atoms with E-state index in [1.165, 1.54) is 0 Å². The summed E-state index contributed by atoms with van der Waals surface area (Å²) < 4.78 is 5.36. The molecule has 0 unspecified atom stereocenters. The maximum Gasteiger partial charge on any atom is 0.410 e. The van der Waals surface area contributed by atoms with Gasteiger partial charge in [-0.15, -0.1) is 0 Å². The van der Waals surface area contributed by atoms with E-state index in [2.05, 4.69) is 0 Å². The Balaban J connectivity index is 2.04. The third-order valence-corrected chi connectivity index (χ3v) is 3.44. The zero-order valence-electron chi connectivity index (χ0n) is 12.6. The minimum absolute atomic E-state index is 0.164. The van der Waals surface area contributed by atoms with Crippen molar-refractivity contribution < 1.29 is 19.4 Å². The molecule has 1 aromatic rings. The second-order valence-electron chi connectivity index (χ2n) is 6.34. The molecule has 1 heterocycles. The van der Waals surface area contributed by atoms with Crippen molar-refractivity contribution in [2.24, 2.45) is 0 Å². The Morgan fingerprint density at radius 2 is 2.05 bits per heavy atom. The van der Waals surface area contributed by atoms with Crippen LogP contribution >= 0.6 is 0 Å². The van der Waals surface area contributed by atoms with Crippen molar-refractivity contribution in [1.82, 2.24) is 4.90 Å². The van der Waals surface area contributed by atoms with E-state index in [1.54, 1.807) is 23.1 Å². The van der Waals surface area contributed by atoms with Crippen molar-refractivity contribution in [3.05, 3.63) is 35.4 Å². The third-order valence-electron chi connectivity index (χ3n) is 3.44. The van der Waals surface area contributed by atoms with Crippen LogP contribution in [0.25, 0.3) is 0 Å².